The minimum Gasteiger partial charge on any atom is -0.487 e. The fraction of sp³-hybridized carbons (Fsp3) is 0.588. The molecule has 4 nitrogen and oxygen atoms in total. The van der Waals surface area contributed by atoms with Crippen molar-refractivity contribution in [3.8, 4) is 5.75 Å². The van der Waals surface area contributed by atoms with E-state index in [1.165, 1.54) is 6.07 Å². The largest absolute Gasteiger partial charge is 0.487 e. The molecule has 3 rings (SSSR count). The quantitative estimate of drug-likeness (QED) is 0.880. The van der Waals surface area contributed by atoms with Crippen molar-refractivity contribution in [3.63, 3.8) is 0 Å². The van der Waals surface area contributed by atoms with E-state index >= 15 is 0 Å². The van der Waals surface area contributed by atoms with Gasteiger partial charge in [0.25, 0.3) is 0 Å². The van der Waals surface area contributed by atoms with E-state index < -0.39 is 5.82 Å². The molecule has 128 valence electrons. The summed E-state index contributed by atoms with van der Waals surface area (Å²) in [7, 11) is 0. The van der Waals surface area contributed by atoms with Crippen LogP contribution in [0.4, 0.5) is 10.1 Å². The third kappa shape index (κ3) is 4.82. The molecule has 6 heteroatoms. The molecule has 0 aromatic heterocycles. The zero-order valence-electron chi connectivity index (χ0n) is 13.1. The van der Waals surface area contributed by atoms with Gasteiger partial charge in [0, 0.05) is 17.7 Å². The van der Waals surface area contributed by atoms with E-state index in [9.17, 15) is 9.18 Å². The van der Waals surface area contributed by atoms with E-state index in [1.807, 2.05) is 0 Å². The average molecular weight is 343 g/mol. The van der Waals surface area contributed by atoms with Crippen LogP contribution in [0.15, 0.2) is 18.2 Å². The topological polar surface area (TPSA) is 50.4 Å². The van der Waals surface area contributed by atoms with Crippen LogP contribution in [0.3, 0.4) is 0 Å². The Kier molecular flexibility index (Phi) is 6.66. The lowest BCUT2D eigenvalue weighted by molar-refractivity contribution is -0.120. The van der Waals surface area contributed by atoms with Gasteiger partial charge < -0.3 is 15.4 Å². The Morgan fingerprint density at radius 3 is 2.52 bits per heavy atom. The molecule has 1 amide bonds. The highest BCUT2D eigenvalue weighted by Gasteiger charge is 2.22. The Balaban J connectivity index is 0.00000192. The van der Waals surface area contributed by atoms with Crippen LogP contribution in [0.5, 0.6) is 5.75 Å². The lowest BCUT2D eigenvalue weighted by Gasteiger charge is -2.22. The van der Waals surface area contributed by atoms with E-state index in [0.29, 0.717) is 5.69 Å². The number of piperidine rings is 1. The molecule has 2 fully saturated rings. The van der Waals surface area contributed by atoms with Gasteiger partial charge in [-0.25, -0.2) is 4.39 Å². The van der Waals surface area contributed by atoms with Crippen LogP contribution >= 0.6 is 12.4 Å². The van der Waals surface area contributed by atoms with Gasteiger partial charge in [-0.05, 0) is 63.7 Å². The number of ether oxygens (including phenoxy) is 1. The number of carbonyl (C=O) groups excluding carboxylic acids is 1. The molecule has 1 saturated heterocycles. The van der Waals surface area contributed by atoms with Crippen LogP contribution in [0, 0.1) is 11.7 Å². The first kappa shape index (κ1) is 18.0. The third-order valence-electron chi connectivity index (χ3n) is 4.51. The number of hydrogen-bond acceptors (Lipinski definition) is 3. The zero-order valence-corrected chi connectivity index (χ0v) is 14.0. The van der Waals surface area contributed by atoms with Gasteiger partial charge in [0.2, 0.25) is 5.91 Å². The molecular formula is C17H24ClFN2O2. The number of benzene rings is 1. The second-order valence-electron chi connectivity index (χ2n) is 6.18. The first-order chi connectivity index (χ1) is 10.7. The molecule has 0 unspecified atom stereocenters. The first-order valence-corrected chi connectivity index (χ1v) is 8.20. The standard InChI is InChI=1S/C17H23FN2O2.ClH/c18-15-11-13(20-17(21)12-7-9-19-10-8-12)5-6-16(15)22-14-3-1-2-4-14;/h5-6,11-12,14,19H,1-4,7-10H2,(H,20,21);1H. The molecule has 1 aromatic rings. The summed E-state index contributed by atoms with van der Waals surface area (Å²) in [5, 5.41) is 6.04. The van der Waals surface area contributed by atoms with E-state index in [4.69, 9.17) is 4.74 Å². The highest BCUT2D eigenvalue weighted by Crippen LogP contribution is 2.28. The summed E-state index contributed by atoms with van der Waals surface area (Å²) < 4.78 is 19.8. The van der Waals surface area contributed by atoms with Crippen LogP contribution in [0.2, 0.25) is 0 Å². The van der Waals surface area contributed by atoms with E-state index in [0.717, 1.165) is 51.6 Å². The Bertz CT molecular complexity index is 529. The predicted molar refractivity (Wildman–Crippen MR) is 90.8 cm³/mol. The van der Waals surface area contributed by atoms with Gasteiger partial charge in [0.15, 0.2) is 11.6 Å². The molecule has 0 spiro atoms. The number of carbonyl (C=O) groups is 1. The van der Waals surface area contributed by atoms with Crippen molar-refractivity contribution < 1.29 is 13.9 Å². The SMILES string of the molecule is Cl.O=C(Nc1ccc(OC2CCCC2)c(F)c1)C1CCNCC1. The van der Waals surface area contributed by atoms with Crippen molar-refractivity contribution >= 4 is 24.0 Å². The number of rotatable bonds is 4. The van der Waals surface area contributed by atoms with Gasteiger partial charge in [-0.3, -0.25) is 4.79 Å². The molecule has 1 heterocycles. The van der Waals surface area contributed by atoms with E-state index in [1.54, 1.807) is 12.1 Å². The van der Waals surface area contributed by atoms with Gasteiger partial charge in [-0.2, -0.15) is 0 Å². The average Bonchev–Trinajstić information content (AvgIpc) is 3.04. The minimum absolute atomic E-state index is 0. The zero-order chi connectivity index (χ0) is 15.4. The number of anilines is 1. The fourth-order valence-electron chi connectivity index (χ4n) is 3.19. The molecule has 1 aliphatic carbocycles. The first-order valence-electron chi connectivity index (χ1n) is 8.20. The predicted octanol–water partition coefficient (Wildman–Crippen LogP) is 3.51. The maximum absolute atomic E-state index is 14.1. The summed E-state index contributed by atoms with van der Waals surface area (Å²) in [5.74, 6) is -0.133. The van der Waals surface area contributed by atoms with E-state index in [-0.39, 0.29) is 36.1 Å². The van der Waals surface area contributed by atoms with Crippen molar-refractivity contribution in [3.05, 3.63) is 24.0 Å². The van der Waals surface area contributed by atoms with Crippen LogP contribution in [0.1, 0.15) is 38.5 Å². The van der Waals surface area contributed by atoms with Gasteiger partial charge in [-0.1, -0.05) is 0 Å². The van der Waals surface area contributed by atoms with Crippen LogP contribution in [-0.4, -0.2) is 25.1 Å². The van der Waals surface area contributed by atoms with Crippen LogP contribution in [-0.2, 0) is 4.79 Å². The molecule has 1 aliphatic heterocycles. The molecule has 2 aliphatic rings. The fourth-order valence-corrected chi connectivity index (χ4v) is 3.19. The van der Waals surface area contributed by atoms with E-state index in [2.05, 4.69) is 10.6 Å². The number of amides is 1. The highest BCUT2D eigenvalue weighted by atomic mass is 35.5. The molecule has 2 N–H and O–H groups in total. The third-order valence-corrected chi connectivity index (χ3v) is 4.51. The monoisotopic (exact) mass is 342 g/mol. The van der Waals surface area contributed by atoms with Crippen molar-refractivity contribution in [1.82, 2.24) is 5.32 Å². The number of hydrogen-bond donors (Lipinski definition) is 2. The molecule has 1 aromatic carbocycles. The van der Waals surface area contributed by atoms with Gasteiger partial charge in [-0.15, -0.1) is 12.4 Å². The Hall–Kier alpha value is -1.33. The lowest BCUT2D eigenvalue weighted by Crippen LogP contribution is -2.34. The number of nitrogens with one attached hydrogen (secondary N) is 2. The molecule has 0 radical (unpaired) electrons. The summed E-state index contributed by atoms with van der Waals surface area (Å²) in [6.07, 6.45) is 6.08. The van der Waals surface area contributed by atoms with Gasteiger partial charge in [0.1, 0.15) is 0 Å². The lowest BCUT2D eigenvalue weighted by atomic mass is 9.97. The maximum atomic E-state index is 14.1. The van der Waals surface area contributed by atoms with Crippen molar-refractivity contribution in [2.75, 3.05) is 18.4 Å². The van der Waals surface area contributed by atoms with Gasteiger partial charge in [0.05, 0.1) is 6.10 Å². The van der Waals surface area contributed by atoms with Gasteiger partial charge >= 0.3 is 0 Å². The van der Waals surface area contributed by atoms with Crippen molar-refractivity contribution in [2.45, 2.75) is 44.6 Å². The molecule has 0 bridgehead atoms. The van der Waals surface area contributed by atoms with Crippen molar-refractivity contribution in [1.29, 1.82) is 0 Å². The summed E-state index contributed by atoms with van der Waals surface area (Å²) in [4.78, 5) is 12.1. The van der Waals surface area contributed by atoms with Crippen LogP contribution in [0.25, 0.3) is 0 Å². The summed E-state index contributed by atoms with van der Waals surface area (Å²) in [6.45, 7) is 1.72. The Labute approximate surface area is 142 Å². The van der Waals surface area contributed by atoms with Crippen LogP contribution < -0.4 is 15.4 Å². The summed E-state index contributed by atoms with van der Waals surface area (Å²) in [6, 6.07) is 4.68. The molecule has 1 saturated carbocycles. The summed E-state index contributed by atoms with van der Waals surface area (Å²) >= 11 is 0. The Morgan fingerprint density at radius 1 is 1.17 bits per heavy atom. The normalized spacial score (nSPS) is 19.2. The number of halogens is 2. The Morgan fingerprint density at radius 2 is 1.87 bits per heavy atom. The van der Waals surface area contributed by atoms with Crippen molar-refractivity contribution in [2.24, 2.45) is 5.92 Å². The highest BCUT2D eigenvalue weighted by molar-refractivity contribution is 5.92. The smallest absolute Gasteiger partial charge is 0.227 e. The second kappa shape index (κ2) is 8.50. The summed E-state index contributed by atoms with van der Waals surface area (Å²) in [5.41, 5.74) is 0.500. The molecule has 23 heavy (non-hydrogen) atoms. The molecular weight excluding hydrogens is 319 g/mol. The maximum Gasteiger partial charge on any atom is 0.227 e. The molecule has 0 atom stereocenters. The second-order valence-corrected chi connectivity index (χ2v) is 6.18. The minimum atomic E-state index is -0.407.